The number of anilines is 2. The Bertz CT molecular complexity index is 1150. The molecule has 6 heteroatoms. The summed E-state index contributed by atoms with van der Waals surface area (Å²) in [7, 11) is 1.54. The number of ether oxygens (including phenoxy) is 2. The van der Waals surface area contributed by atoms with Crippen LogP contribution in [0.4, 0.5) is 11.4 Å². The molecule has 3 aromatic carbocycles. The van der Waals surface area contributed by atoms with Crippen LogP contribution in [-0.2, 0) is 11.2 Å². The molecule has 0 bridgehead atoms. The molecule has 6 nitrogen and oxygen atoms in total. The van der Waals surface area contributed by atoms with Crippen LogP contribution >= 0.6 is 0 Å². The van der Waals surface area contributed by atoms with Crippen LogP contribution in [0.25, 0.3) is 0 Å². The fraction of sp³-hybridized carbons (Fsp3) is 0.231. The molecule has 1 unspecified atom stereocenters. The molecule has 0 radical (unpaired) electrons. The fourth-order valence-electron chi connectivity index (χ4n) is 3.88. The maximum Gasteiger partial charge on any atom is 0.249 e. The second-order valence-corrected chi connectivity index (χ2v) is 7.69. The lowest BCUT2D eigenvalue weighted by Gasteiger charge is -2.32. The Labute approximate surface area is 188 Å². The summed E-state index contributed by atoms with van der Waals surface area (Å²) in [5.74, 6) is 1.70. The predicted molar refractivity (Wildman–Crippen MR) is 124 cm³/mol. The first-order chi connectivity index (χ1) is 15.6. The van der Waals surface area contributed by atoms with Crippen molar-refractivity contribution >= 4 is 17.3 Å². The second-order valence-electron chi connectivity index (χ2n) is 7.69. The van der Waals surface area contributed by atoms with Crippen molar-refractivity contribution in [2.45, 2.75) is 25.8 Å². The summed E-state index contributed by atoms with van der Waals surface area (Å²) in [6.07, 6.45) is 1.98. The van der Waals surface area contributed by atoms with Crippen molar-refractivity contribution in [2.75, 3.05) is 23.9 Å². The van der Waals surface area contributed by atoms with Gasteiger partial charge in [0.2, 0.25) is 5.91 Å². The predicted octanol–water partition coefficient (Wildman–Crippen LogP) is 5.14. The molecule has 0 aliphatic carbocycles. The van der Waals surface area contributed by atoms with Gasteiger partial charge in [0.05, 0.1) is 18.7 Å². The number of nitrogens with zero attached hydrogens (tertiary/aromatic N) is 2. The molecular weight excluding hydrogens is 402 g/mol. The zero-order chi connectivity index (χ0) is 22.5. The van der Waals surface area contributed by atoms with Gasteiger partial charge in [-0.15, -0.1) is 0 Å². The number of hydrogen-bond acceptors (Lipinski definition) is 5. The number of aryl methyl sites for hydroxylation is 1. The van der Waals surface area contributed by atoms with Crippen molar-refractivity contribution in [3.05, 3.63) is 77.9 Å². The first-order valence-electron chi connectivity index (χ1n) is 10.6. The summed E-state index contributed by atoms with van der Waals surface area (Å²) in [6.45, 7) is 2.62. The van der Waals surface area contributed by atoms with Crippen LogP contribution in [0.2, 0.25) is 0 Å². The van der Waals surface area contributed by atoms with Crippen LogP contribution in [0, 0.1) is 11.3 Å². The van der Waals surface area contributed by atoms with Crippen LogP contribution in [-0.4, -0.2) is 25.6 Å². The quantitative estimate of drug-likeness (QED) is 0.590. The molecule has 0 saturated heterocycles. The molecule has 1 aliphatic heterocycles. The highest BCUT2D eigenvalue weighted by Gasteiger charge is 2.26. The number of hydrogen-bond donors (Lipinski definition) is 1. The van der Waals surface area contributed by atoms with Crippen LogP contribution in [0.3, 0.4) is 0 Å². The van der Waals surface area contributed by atoms with E-state index in [-0.39, 0.29) is 11.9 Å². The van der Waals surface area contributed by atoms with Gasteiger partial charge in [0.25, 0.3) is 0 Å². The number of benzene rings is 3. The number of methoxy groups -OCH3 is 1. The lowest BCUT2D eigenvalue weighted by atomic mass is 10.0. The highest BCUT2D eigenvalue weighted by molar-refractivity contribution is 5.99. The Morgan fingerprint density at radius 2 is 1.88 bits per heavy atom. The molecule has 0 aromatic heterocycles. The molecule has 1 aliphatic rings. The molecule has 162 valence electrons. The van der Waals surface area contributed by atoms with Gasteiger partial charge >= 0.3 is 0 Å². The van der Waals surface area contributed by atoms with Gasteiger partial charge in [0.15, 0.2) is 11.5 Å². The third-order valence-electron chi connectivity index (χ3n) is 5.50. The number of carbonyl (C=O) groups is 1. The monoisotopic (exact) mass is 427 g/mol. The number of carbonyl (C=O) groups excluding carboxylic acids is 1. The third-order valence-corrected chi connectivity index (χ3v) is 5.50. The van der Waals surface area contributed by atoms with E-state index in [0.29, 0.717) is 22.8 Å². The molecule has 32 heavy (non-hydrogen) atoms. The first-order valence-corrected chi connectivity index (χ1v) is 10.6. The normalized spacial score (nSPS) is 13.5. The minimum absolute atomic E-state index is 0.0554. The average molecular weight is 428 g/mol. The van der Waals surface area contributed by atoms with Gasteiger partial charge < -0.3 is 19.7 Å². The molecule has 0 fully saturated rings. The Morgan fingerprint density at radius 1 is 1.09 bits per heavy atom. The maximum atomic E-state index is 13.1. The van der Waals surface area contributed by atoms with E-state index in [0.717, 1.165) is 30.8 Å². The van der Waals surface area contributed by atoms with Crippen molar-refractivity contribution < 1.29 is 14.3 Å². The zero-order valence-corrected chi connectivity index (χ0v) is 18.2. The summed E-state index contributed by atoms with van der Waals surface area (Å²) >= 11 is 0. The van der Waals surface area contributed by atoms with Crippen LogP contribution in [0.1, 0.15) is 24.5 Å². The molecule has 3 aromatic rings. The Balaban J connectivity index is 1.42. The van der Waals surface area contributed by atoms with Crippen LogP contribution in [0.15, 0.2) is 66.7 Å². The van der Waals surface area contributed by atoms with Gasteiger partial charge in [-0.05, 0) is 67.8 Å². The number of amides is 1. The largest absolute Gasteiger partial charge is 0.493 e. The van der Waals surface area contributed by atoms with Crippen molar-refractivity contribution in [1.82, 2.24) is 0 Å². The van der Waals surface area contributed by atoms with Gasteiger partial charge in [0, 0.05) is 24.0 Å². The highest BCUT2D eigenvalue weighted by atomic mass is 16.5. The third kappa shape index (κ3) is 4.52. The summed E-state index contributed by atoms with van der Waals surface area (Å²) in [5.41, 5.74) is 3.57. The number of fused-ring (bicyclic) bond motifs is 1. The number of nitrogens with one attached hydrogen (secondary N) is 1. The first kappa shape index (κ1) is 21.3. The van der Waals surface area contributed by atoms with E-state index in [4.69, 9.17) is 14.7 Å². The SMILES string of the molecule is COc1cc(C#N)ccc1Oc1ccc(NC(C)C(=O)N2CCCc3ccccc32)cc1. The fourth-order valence-corrected chi connectivity index (χ4v) is 3.88. The summed E-state index contributed by atoms with van der Waals surface area (Å²) in [4.78, 5) is 15.0. The minimum Gasteiger partial charge on any atom is -0.493 e. The van der Waals surface area contributed by atoms with E-state index in [1.54, 1.807) is 18.2 Å². The summed E-state index contributed by atoms with van der Waals surface area (Å²) in [5, 5.41) is 12.3. The van der Waals surface area contributed by atoms with E-state index in [1.807, 2.05) is 54.3 Å². The zero-order valence-electron chi connectivity index (χ0n) is 18.2. The van der Waals surface area contributed by atoms with E-state index in [9.17, 15) is 4.79 Å². The van der Waals surface area contributed by atoms with Gasteiger partial charge in [-0.2, -0.15) is 5.26 Å². The van der Waals surface area contributed by atoms with Gasteiger partial charge in [-0.3, -0.25) is 4.79 Å². The molecule has 1 amide bonds. The highest BCUT2D eigenvalue weighted by Crippen LogP contribution is 2.33. The maximum absolute atomic E-state index is 13.1. The van der Waals surface area contributed by atoms with Crippen molar-refractivity contribution in [2.24, 2.45) is 0 Å². The van der Waals surface area contributed by atoms with E-state index < -0.39 is 0 Å². The number of rotatable bonds is 6. The van der Waals surface area contributed by atoms with Crippen molar-refractivity contribution in [3.63, 3.8) is 0 Å². The van der Waals surface area contributed by atoms with Crippen LogP contribution < -0.4 is 19.7 Å². The number of nitriles is 1. The lowest BCUT2D eigenvalue weighted by molar-refractivity contribution is -0.119. The number of para-hydroxylation sites is 1. The Morgan fingerprint density at radius 3 is 2.62 bits per heavy atom. The van der Waals surface area contributed by atoms with Crippen molar-refractivity contribution in [1.29, 1.82) is 5.26 Å². The minimum atomic E-state index is -0.369. The van der Waals surface area contributed by atoms with E-state index >= 15 is 0 Å². The summed E-state index contributed by atoms with van der Waals surface area (Å²) < 4.78 is 11.2. The van der Waals surface area contributed by atoms with Crippen LogP contribution in [0.5, 0.6) is 17.2 Å². The van der Waals surface area contributed by atoms with Gasteiger partial charge in [-0.1, -0.05) is 18.2 Å². The average Bonchev–Trinajstić information content (AvgIpc) is 2.84. The van der Waals surface area contributed by atoms with Crippen molar-refractivity contribution in [3.8, 4) is 23.3 Å². The molecule has 1 N–H and O–H groups in total. The molecule has 0 spiro atoms. The lowest BCUT2D eigenvalue weighted by Crippen LogP contribution is -2.44. The Kier molecular flexibility index (Phi) is 6.27. The standard InChI is InChI=1S/C26H25N3O3/c1-18(26(30)29-15-5-7-20-6-3-4-8-23(20)29)28-21-10-12-22(13-11-21)32-24-14-9-19(17-27)16-25(24)31-2/h3-4,6,8-14,16,18,28H,5,7,15H2,1-2H3. The smallest absolute Gasteiger partial charge is 0.249 e. The molecule has 1 atom stereocenters. The Hall–Kier alpha value is -3.98. The van der Waals surface area contributed by atoms with E-state index in [1.165, 1.54) is 12.7 Å². The summed E-state index contributed by atoms with van der Waals surface area (Å²) in [6, 6.07) is 22.2. The molecule has 0 saturated carbocycles. The topological polar surface area (TPSA) is 74.6 Å². The molecule has 1 heterocycles. The van der Waals surface area contributed by atoms with Gasteiger partial charge in [-0.25, -0.2) is 0 Å². The molecule has 4 rings (SSSR count). The van der Waals surface area contributed by atoms with Gasteiger partial charge in [0.1, 0.15) is 11.8 Å². The van der Waals surface area contributed by atoms with E-state index in [2.05, 4.69) is 17.5 Å². The second kappa shape index (κ2) is 9.44. The molecular formula is C26H25N3O3.